The fourth-order valence-electron chi connectivity index (χ4n) is 4.44. The number of nitrogens with zero attached hydrogens (tertiary/aromatic N) is 4. The molecule has 1 fully saturated rings. The van der Waals surface area contributed by atoms with E-state index in [9.17, 15) is 4.79 Å². The van der Waals surface area contributed by atoms with Crippen LogP contribution in [0, 0.1) is 12.8 Å². The number of hydrogen-bond acceptors (Lipinski definition) is 6. The molecule has 0 bridgehead atoms. The predicted molar refractivity (Wildman–Crippen MR) is 129 cm³/mol. The van der Waals surface area contributed by atoms with Crippen molar-refractivity contribution < 1.29 is 9.53 Å². The fraction of sp³-hybridized carbons (Fsp3) is 0.231. The number of anilines is 2. The molecule has 0 aliphatic carbocycles. The molecule has 2 N–H and O–H groups in total. The summed E-state index contributed by atoms with van der Waals surface area (Å²) in [6.07, 6.45) is 5.05. The van der Waals surface area contributed by atoms with Crippen molar-refractivity contribution in [2.75, 3.05) is 17.2 Å². The van der Waals surface area contributed by atoms with Crippen molar-refractivity contribution in [1.82, 2.24) is 15.0 Å². The summed E-state index contributed by atoms with van der Waals surface area (Å²) in [5.74, 6) is 1.61. The zero-order valence-electron chi connectivity index (χ0n) is 18.7. The summed E-state index contributed by atoms with van der Waals surface area (Å²) in [6.45, 7) is 4.81. The Hall–Kier alpha value is -4.00. The highest BCUT2D eigenvalue weighted by molar-refractivity contribution is 6.07. The lowest BCUT2D eigenvalue weighted by Crippen LogP contribution is -2.26. The van der Waals surface area contributed by atoms with Crippen LogP contribution in [0.1, 0.15) is 25.3 Å². The van der Waals surface area contributed by atoms with Gasteiger partial charge in [0.05, 0.1) is 16.9 Å². The van der Waals surface area contributed by atoms with E-state index in [0.29, 0.717) is 17.3 Å². The quantitative estimate of drug-likeness (QED) is 0.463. The number of aryl methyl sites for hydroxylation is 1. The van der Waals surface area contributed by atoms with E-state index in [1.165, 1.54) is 0 Å². The van der Waals surface area contributed by atoms with Crippen LogP contribution in [0.4, 0.5) is 11.6 Å². The minimum atomic E-state index is 0.0952. The van der Waals surface area contributed by atoms with Crippen molar-refractivity contribution >= 4 is 28.3 Å². The van der Waals surface area contributed by atoms with E-state index in [4.69, 9.17) is 10.5 Å². The van der Waals surface area contributed by atoms with Crippen molar-refractivity contribution in [1.29, 1.82) is 0 Å². The van der Waals surface area contributed by atoms with Gasteiger partial charge >= 0.3 is 0 Å². The molecule has 0 spiro atoms. The largest absolute Gasteiger partial charge is 0.437 e. The summed E-state index contributed by atoms with van der Waals surface area (Å²) in [5, 5.41) is 1.91. The standard InChI is InChI=1S/C26H25N5O2/c1-3-17-12-15-31(25(17)32)22-8-4-6-19-18(22)10-9-16(2)23(19)33-24-20(7-5-13-28-24)21-11-14-29-26(27)30-21/h4-11,13-14,17H,3,12,15H2,1-2H3,(H2,27,29,30)/t17-/m0/s1. The molecule has 5 rings (SSSR count). The first kappa shape index (κ1) is 20.9. The van der Waals surface area contributed by atoms with E-state index in [-0.39, 0.29) is 17.8 Å². The van der Waals surface area contributed by atoms with Crippen molar-refractivity contribution in [3.8, 4) is 22.9 Å². The van der Waals surface area contributed by atoms with Gasteiger partial charge in [-0.25, -0.2) is 15.0 Å². The lowest BCUT2D eigenvalue weighted by atomic mass is 10.0. The number of hydrogen-bond donors (Lipinski definition) is 1. The van der Waals surface area contributed by atoms with E-state index in [2.05, 4.69) is 27.9 Å². The normalized spacial score (nSPS) is 15.9. The third kappa shape index (κ3) is 3.75. The average Bonchev–Trinajstić information content (AvgIpc) is 3.21. The van der Waals surface area contributed by atoms with Gasteiger partial charge in [0.25, 0.3) is 0 Å². The molecular weight excluding hydrogens is 414 g/mol. The number of nitrogen functional groups attached to an aromatic ring is 1. The van der Waals surface area contributed by atoms with Crippen molar-refractivity contribution in [2.24, 2.45) is 5.92 Å². The third-order valence-corrected chi connectivity index (χ3v) is 6.21. The fourth-order valence-corrected chi connectivity index (χ4v) is 4.44. The summed E-state index contributed by atoms with van der Waals surface area (Å²) in [4.78, 5) is 27.6. The maximum absolute atomic E-state index is 12.9. The number of benzene rings is 2. The smallest absolute Gasteiger partial charge is 0.230 e. The van der Waals surface area contributed by atoms with E-state index in [0.717, 1.165) is 47.0 Å². The van der Waals surface area contributed by atoms with Crippen LogP contribution in [0.25, 0.3) is 22.0 Å². The molecule has 1 amide bonds. The maximum Gasteiger partial charge on any atom is 0.230 e. The molecule has 1 saturated heterocycles. The molecule has 0 unspecified atom stereocenters. The van der Waals surface area contributed by atoms with Crippen LogP contribution in [0.2, 0.25) is 0 Å². The number of fused-ring (bicyclic) bond motifs is 1. The van der Waals surface area contributed by atoms with Gasteiger partial charge in [-0.3, -0.25) is 4.79 Å². The topological polar surface area (TPSA) is 94.2 Å². The second-order valence-electron chi connectivity index (χ2n) is 8.23. The first-order chi connectivity index (χ1) is 16.1. The zero-order chi connectivity index (χ0) is 22.9. The highest BCUT2D eigenvalue weighted by atomic mass is 16.5. The highest BCUT2D eigenvalue weighted by Crippen LogP contribution is 2.40. The van der Waals surface area contributed by atoms with Crippen molar-refractivity contribution in [2.45, 2.75) is 26.7 Å². The number of nitrogens with two attached hydrogens (primary N) is 1. The SMILES string of the molecule is CC[C@H]1CCN(c2cccc3c(Oc4ncccc4-c4ccnc(N)n4)c(C)ccc23)C1=O. The van der Waals surface area contributed by atoms with E-state index >= 15 is 0 Å². The maximum atomic E-state index is 12.9. The summed E-state index contributed by atoms with van der Waals surface area (Å²) in [6, 6.07) is 15.6. The van der Waals surface area contributed by atoms with Gasteiger partial charge in [-0.15, -0.1) is 0 Å². The van der Waals surface area contributed by atoms with Gasteiger partial charge in [0.1, 0.15) is 5.75 Å². The highest BCUT2D eigenvalue weighted by Gasteiger charge is 2.32. The van der Waals surface area contributed by atoms with Gasteiger partial charge < -0.3 is 15.4 Å². The Morgan fingerprint density at radius 3 is 2.73 bits per heavy atom. The van der Waals surface area contributed by atoms with Gasteiger partial charge in [0.2, 0.25) is 17.7 Å². The van der Waals surface area contributed by atoms with Crippen LogP contribution >= 0.6 is 0 Å². The summed E-state index contributed by atoms with van der Waals surface area (Å²) in [5.41, 5.74) is 9.04. The summed E-state index contributed by atoms with van der Waals surface area (Å²) < 4.78 is 6.42. The van der Waals surface area contributed by atoms with Crippen LogP contribution in [-0.4, -0.2) is 27.4 Å². The molecule has 2 aromatic carbocycles. The van der Waals surface area contributed by atoms with Gasteiger partial charge in [-0.2, -0.15) is 0 Å². The first-order valence-corrected chi connectivity index (χ1v) is 11.1. The number of amides is 1. The van der Waals surface area contributed by atoms with Gasteiger partial charge in [0.15, 0.2) is 0 Å². The Balaban J connectivity index is 1.60. The Bertz CT molecular complexity index is 1350. The van der Waals surface area contributed by atoms with Gasteiger partial charge in [-0.05, 0) is 49.6 Å². The Morgan fingerprint density at radius 2 is 1.94 bits per heavy atom. The van der Waals surface area contributed by atoms with E-state index in [1.807, 2.05) is 48.2 Å². The molecule has 1 aliphatic heterocycles. The number of carbonyl (C=O) groups is 1. The number of carbonyl (C=O) groups excluding carboxylic acids is 1. The van der Waals surface area contributed by atoms with Crippen LogP contribution < -0.4 is 15.4 Å². The monoisotopic (exact) mass is 439 g/mol. The Kier molecular flexibility index (Phi) is 5.38. The third-order valence-electron chi connectivity index (χ3n) is 6.21. The number of ether oxygens (including phenoxy) is 1. The van der Waals surface area contributed by atoms with Gasteiger partial charge in [-0.1, -0.05) is 31.2 Å². The van der Waals surface area contributed by atoms with E-state index < -0.39 is 0 Å². The average molecular weight is 440 g/mol. The molecular formula is C26H25N5O2. The zero-order valence-corrected chi connectivity index (χ0v) is 18.7. The second-order valence-corrected chi connectivity index (χ2v) is 8.23. The van der Waals surface area contributed by atoms with Crippen LogP contribution in [0.15, 0.2) is 60.9 Å². The van der Waals surface area contributed by atoms with Gasteiger partial charge in [0, 0.05) is 35.6 Å². The van der Waals surface area contributed by atoms with Crippen LogP contribution in [0.3, 0.4) is 0 Å². The molecule has 33 heavy (non-hydrogen) atoms. The lowest BCUT2D eigenvalue weighted by molar-refractivity contribution is -0.120. The minimum Gasteiger partial charge on any atom is -0.437 e. The molecule has 0 saturated carbocycles. The van der Waals surface area contributed by atoms with E-state index in [1.54, 1.807) is 18.5 Å². The Morgan fingerprint density at radius 1 is 1.06 bits per heavy atom. The number of rotatable bonds is 5. The minimum absolute atomic E-state index is 0.0952. The number of aromatic nitrogens is 3. The lowest BCUT2D eigenvalue weighted by Gasteiger charge is -2.21. The second kappa shape index (κ2) is 8.50. The molecule has 7 heteroatoms. The molecule has 166 valence electrons. The molecule has 1 atom stereocenters. The Labute approximate surface area is 192 Å². The van der Waals surface area contributed by atoms with Crippen LogP contribution in [-0.2, 0) is 4.79 Å². The molecule has 1 aliphatic rings. The molecule has 0 radical (unpaired) electrons. The summed E-state index contributed by atoms with van der Waals surface area (Å²) in [7, 11) is 0. The first-order valence-electron chi connectivity index (χ1n) is 11.1. The van der Waals surface area contributed by atoms with Crippen molar-refractivity contribution in [3.63, 3.8) is 0 Å². The molecule has 2 aromatic heterocycles. The van der Waals surface area contributed by atoms with Crippen LogP contribution in [0.5, 0.6) is 11.6 Å². The molecule has 3 heterocycles. The predicted octanol–water partition coefficient (Wildman–Crippen LogP) is 5.14. The number of pyridine rings is 1. The van der Waals surface area contributed by atoms with Crippen molar-refractivity contribution in [3.05, 3.63) is 66.5 Å². The molecule has 4 aromatic rings. The molecule has 7 nitrogen and oxygen atoms in total. The summed E-state index contributed by atoms with van der Waals surface area (Å²) >= 11 is 0.